The van der Waals surface area contributed by atoms with Crippen LogP contribution in [0.3, 0.4) is 0 Å². The third-order valence-electron chi connectivity index (χ3n) is 3.12. The second-order valence-electron chi connectivity index (χ2n) is 4.05. The van der Waals surface area contributed by atoms with Gasteiger partial charge in [0.2, 0.25) is 0 Å². The van der Waals surface area contributed by atoms with Crippen molar-refractivity contribution in [2.45, 2.75) is 39.5 Å². The standard InChI is InChI=1S/2C7H9.ClH.Ti.H/c2*1-2-7-5-3-4-6-7;;;/h2*3,5H,2,4H2,1H3;1H;;/q;;;;-1. The normalized spacial score (nSPS) is 18.4. The molecule has 0 aromatic rings. The Morgan fingerprint density at radius 3 is 1.81 bits per heavy atom. The van der Waals surface area contributed by atoms with Gasteiger partial charge in [-0.05, 0) is 0 Å². The average Bonchev–Trinajstić information content (AvgIpc) is 2.87. The second kappa shape index (κ2) is 6.64. The van der Waals surface area contributed by atoms with Crippen molar-refractivity contribution in [1.82, 2.24) is 0 Å². The van der Waals surface area contributed by atoms with E-state index in [1.165, 1.54) is 25.7 Å². The predicted molar refractivity (Wildman–Crippen MR) is 70.5 cm³/mol. The zero-order chi connectivity index (χ0) is 10.7. The molecule has 0 bridgehead atoms. The molecule has 0 spiro atoms. The molecule has 0 saturated heterocycles. The Kier molecular flexibility index (Phi) is 5.82. The molecule has 0 unspecified atom stereocenters. The molecule has 2 aliphatic rings. The molecule has 0 aliphatic heterocycles. The molecule has 0 aromatic heterocycles. The average molecular weight is 272 g/mol. The van der Waals surface area contributed by atoms with E-state index in [0.717, 1.165) is 0 Å². The maximum atomic E-state index is 2.34. The molecule has 0 saturated carbocycles. The van der Waals surface area contributed by atoms with E-state index in [9.17, 15) is 0 Å². The Bertz CT molecular complexity index is 342. The van der Waals surface area contributed by atoms with Crippen LogP contribution in [0.4, 0.5) is 0 Å². The van der Waals surface area contributed by atoms with Crippen LogP contribution in [0.2, 0.25) is 0 Å². The van der Waals surface area contributed by atoms with E-state index in [1.807, 2.05) is 0 Å². The van der Waals surface area contributed by atoms with E-state index in [1.54, 1.807) is 18.9 Å². The van der Waals surface area contributed by atoms with Gasteiger partial charge in [0.1, 0.15) is 0 Å². The van der Waals surface area contributed by atoms with Crippen molar-refractivity contribution in [2.75, 3.05) is 0 Å². The summed E-state index contributed by atoms with van der Waals surface area (Å²) in [7, 11) is 0. The quantitative estimate of drug-likeness (QED) is 0.641. The topological polar surface area (TPSA) is 0 Å². The van der Waals surface area contributed by atoms with Crippen LogP contribution in [-0.4, -0.2) is 0 Å². The van der Waals surface area contributed by atoms with Gasteiger partial charge in [0.25, 0.3) is 0 Å². The molecular formula is C14H20ClTi-. The van der Waals surface area contributed by atoms with Gasteiger partial charge in [0.05, 0.1) is 0 Å². The first-order valence-electron chi connectivity index (χ1n) is 5.89. The number of halogens is 1. The smallest absolute Gasteiger partial charge is 0.147 e. The van der Waals surface area contributed by atoms with Crippen LogP contribution in [0.1, 0.15) is 41.0 Å². The van der Waals surface area contributed by atoms with E-state index in [4.69, 9.17) is 0 Å². The zero-order valence-electron chi connectivity index (χ0n) is 11.0. The molecular weight excluding hydrogens is 251 g/mol. The van der Waals surface area contributed by atoms with Gasteiger partial charge in [0.15, 0.2) is 0 Å². The maximum Gasteiger partial charge on any atom is -0.147 e. The molecule has 0 amide bonds. The molecule has 0 aromatic carbocycles. The molecule has 2 heteroatoms. The Balaban J connectivity index is 0.00000128. The van der Waals surface area contributed by atoms with Crippen molar-refractivity contribution in [3.8, 4) is 0 Å². The Morgan fingerprint density at radius 2 is 1.44 bits per heavy atom. The molecule has 0 radical (unpaired) electrons. The first-order chi connectivity index (χ1) is 7.35. The van der Waals surface area contributed by atoms with Crippen molar-refractivity contribution >= 4 is 12.4 Å². The van der Waals surface area contributed by atoms with Crippen LogP contribution in [0.15, 0.2) is 43.2 Å². The van der Waals surface area contributed by atoms with E-state index in [0.29, 0.717) is 0 Å². The number of hydrogen-bond acceptors (Lipinski definition) is 0. The molecule has 0 nitrogen and oxygen atoms in total. The van der Waals surface area contributed by atoms with Gasteiger partial charge in [0, 0.05) is 0 Å². The summed E-state index contributed by atoms with van der Waals surface area (Å²) in [6, 6.07) is 0. The summed E-state index contributed by atoms with van der Waals surface area (Å²) in [5, 5.41) is 0. The summed E-state index contributed by atoms with van der Waals surface area (Å²) in [4.78, 5) is 0. The van der Waals surface area contributed by atoms with Crippen molar-refractivity contribution in [3.63, 3.8) is 0 Å². The van der Waals surface area contributed by atoms with Crippen LogP contribution < -0.4 is 0 Å². The molecule has 2 aliphatic carbocycles. The predicted octanol–water partition coefficient (Wildman–Crippen LogP) is 4.85. The summed E-state index contributed by atoms with van der Waals surface area (Å²) >= 11 is 0.0149. The Labute approximate surface area is 115 Å². The fourth-order valence-corrected chi connectivity index (χ4v) is 4.78. The summed E-state index contributed by atoms with van der Waals surface area (Å²) in [5.74, 6) is 0. The van der Waals surface area contributed by atoms with Gasteiger partial charge >= 0.3 is 102 Å². The summed E-state index contributed by atoms with van der Waals surface area (Å²) < 4.78 is 3.56. The summed E-state index contributed by atoms with van der Waals surface area (Å²) in [5.41, 5.74) is 3.26. The van der Waals surface area contributed by atoms with Gasteiger partial charge in [-0.25, -0.2) is 0 Å². The maximum absolute atomic E-state index is 2.34. The Hall–Kier alpha value is -0.0357. The van der Waals surface area contributed by atoms with Gasteiger partial charge in [-0.3, -0.25) is 0 Å². The fourth-order valence-electron chi connectivity index (χ4n) is 2.21. The zero-order valence-corrected chi connectivity index (χ0v) is 12.4. The third-order valence-corrected chi connectivity index (χ3v) is 5.70. The fraction of sp³-hybridized carbons (Fsp3) is 0.429. The first kappa shape index (κ1) is 14.0. The monoisotopic (exact) mass is 271 g/mol. The van der Waals surface area contributed by atoms with Crippen LogP contribution in [0.5, 0.6) is 0 Å². The van der Waals surface area contributed by atoms with Crippen molar-refractivity contribution in [1.29, 1.82) is 0 Å². The largest absolute Gasteiger partial charge is 1.00 e. The first-order valence-corrected chi connectivity index (χ1v) is 7.45. The number of allylic oxidation sites excluding steroid dienone is 8. The van der Waals surface area contributed by atoms with Crippen LogP contribution in [0, 0.1) is 0 Å². The minimum atomic E-state index is 0. The molecule has 0 atom stereocenters. The van der Waals surface area contributed by atoms with Crippen LogP contribution in [0.25, 0.3) is 0 Å². The van der Waals surface area contributed by atoms with Gasteiger partial charge in [-0.15, -0.1) is 12.4 Å². The minimum absolute atomic E-state index is 0. The summed E-state index contributed by atoms with van der Waals surface area (Å²) in [6.45, 7) is 4.55. The van der Waals surface area contributed by atoms with E-state index >= 15 is 0 Å². The van der Waals surface area contributed by atoms with Gasteiger partial charge in [-0.1, -0.05) is 0 Å². The molecule has 0 fully saturated rings. The molecule has 88 valence electrons. The van der Waals surface area contributed by atoms with Gasteiger partial charge in [-0.2, -0.15) is 0 Å². The van der Waals surface area contributed by atoms with Crippen molar-refractivity contribution in [3.05, 3.63) is 43.2 Å². The molecule has 0 N–H and O–H groups in total. The summed E-state index contributed by atoms with van der Waals surface area (Å²) in [6.07, 6.45) is 14.3. The molecule has 16 heavy (non-hydrogen) atoms. The molecule has 2 rings (SSSR count). The second-order valence-corrected chi connectivity index (χ2v) is 6.33. The van der Waals surface area contributed by atoms with E-state index < -0.39 is 0 Å². The van der Waals surface area contributed by atoms with Crippen molar-refractivity contribution in [2.24, 2.45) is 0 Å². The number of hydrogen-bond donors (Lipinski definition) is 0. The Morgan fingerprint density at radius 1 is 1.00 bits per heavy atom. The van der Waals surface area contributed by atoms with E-state index in [2.05, 4.69) is 38.2 Å². The van der Waals surface area contributed by atoms with Crippen molar-refractivity contribution < 1.29 is 20.6 Å². The molecule has 0 heterocycles. The minimum Gasteiger partial charge on any atom is -1.00 e. The van der Waals surface area contributed by atoms with E-state index in [-0.39, 0.29) is 33.0 Å². The number of rotatable bonds is 4. The third kappa shape index (κ3) is 3.00. The van der Waals surface area contributed by atoms with Gasteiger partial charge < -0.3 is 1.43 Å². The van der Waals surface area contributed by atoms with Crippen LogP contribution in [-0.2, 0) is 19.2 Å². The SMILES string of the molecule is CCC1=[C]([Ti][C]2=C(CC)C=CC2)CC=C1.Cl.[H-]. The van der Waals surface area contributed by atoms with Crippen LogP contribution >= 0.6 is 12.4 Å².